The van der Waals surface area contributed by atoms with E-state index >= 15 is 0 Å². The lowest BCUT2D eigenvalue weighted by molar-refractivity contribution is 1.17. The van der Waals surface area contributed by atoms with E-state index in [4.69, 9.17) is 28.9 Å². The maximum atomic E-state index is 6.15. The molecule has 3 aromatic rings. The molecule has 0 amide bonds. The van der Waals surface area contributed by atoms with Crippen LogP contribution in [-0.4, -0.2) is 15.0 Å². The third-order valence-corrected chi connectivity index (χ3v) is 3.27. The minimum Gasteiger partial charge on any atom is -0.394 e. The average molecular weight is 306 g/mol. The van der Waals surface area contributed by atoms with Crippen molar-refractivity contribution < 1.29 is 0 Å². The van der Waals surface area contributed by atoms with Crippen LogP contribution in [0.25, 0.3) is 10.9 Å². The first-order valence-electron chi connectivity index (χ1n) is 5.73. The fourth-order valence-corrected chi connectivity index (χ4v) is 2.18. The lowest BCUT2D eigenvalue weighted by Gasteiger charge is -2.11. The highest BCUT2D eigenvalue weighted by Gasteiger charge is 2.09. The third kappa shape index (κ3) is 2.33. The van der Waals surface area contributed by atoms with Gasteiger partial charge in [-0.15, -0.1) is 0 Å². The molecule has 0 atom stereocenters. The number of hydrogen-bond donors (Lipinski definition) is 2. The van der Waals surface area contributed by atoms with Crippen LogP contribution in [0.5, 0.6) is 0 Å². The first-order chi connectivity index (χ1) is 9.65. The maximum absolute atomic E-state index is 6.15. The zero-order chi connectivity index (χ0) is 14.1. The van der Waals surface area contributed by atoms with Crippen molar-refractivity contribution >= 4 is 51.3 Å². The lowest BCUT2D eigenvalue weighted by Crippen LogP contribution is -2.01. The Bertz CT molecular complexity index is 791. The first kappa shape index (κ1) is 12.9. The number of pyridine rings is 1. The fraction of sp³-hybridized carbons (Fsp3) is 0. The number of nitrogens with one attached hydrogen (secondary N) is 1. The van der Waals surface area contributed by atoms with Crippen LogP contribution in [-0.2, 0) is 0 Å². The molecule has 7 heteroatoms. The van der Waals surface area contributed by atoms with Gasteiger partial charge in [0.05, 0.1) is 28.1 Å². The van der Waals surface area contributed by atoms with E-state index in [0.29, 0.717) is 16.5 Å². The molecule has 0 unspecified atom stereocenters. The van der Waals surface area contributed by atoms with Gasteiger partial charge in [0.15, 0.2) is 5.82 Å². The van der Waals surface area contributed by atoms with Crippen LogP contribution in [0.2, 0.25) is 10.3 Å². The van der Waals surface area contributed by atoms with Crippen LogP contribution in [0.4, 0.5) is 17.2 Å². The number of halogens is 2. The van der Waals surface area contributed by atoms with E-state index < -0.39 is 0 Å². The SMILES string of the molecule is Nc1cnc(Cl)nc1Nc1ccc(Cl)c2cccnc12. The second-order valence-corrected chi connectivity index (χ2v) is 4.81. The summed E-state index contributed by atoms with van der Waals surface area (Å²) in [5, 5.41) is 4.70. The van der Waals surface area contributed by atoms with Crippen molar-refractivity contribution in [3.63, 3.8) is 0 Å². The van der Waals surface area contributed by atoms with Crippen molar-refractivity contribution in [2.24, 2.45) is 0 Å². The molecule has 2 aromatic heterocycles. The van der Waals surface area contributed by atoms with E-state index in [9.17, 15) is 0 Å². The molecule has 0 bridgehead atoms. The molecule has 2 heterocycles. The highest BCUT2D eigenvalue weighted by molar-refractivity contribution is 6.35. The van der Waals surface area contributed by atoms with E-state index in [-0.39, 0.29) is 5.28 Å². The van der Waals surface area contributed by atoms with E-state index in [0.717, 1.165) is 16.6 Å². The van der Waals surface area contributed by atoms with Gasteiger partial charge in [-0.05, 0) is 35.9 Å². The van der Waals surface area contributed by atoms with Gasteiger partial charge in [-0.2, -0.15) is 4.98 Å². The topological polar surface area (TPSA) is 76.7 Å². The monoisotopic (exact) mass is 305 g/mol. The Balaban J connectivity index is 2.11. The minimum absolute atomic E-state index is 0.118. The zero-order valence-electron chi connectivity index (χ0n) is 10.1. The van der Waals surface area contributed by atoms with Crippen molar-refractivity contribution in [3.05, 3.63) is 47.0 Å². The van der Waals surface area contributed by atoms with Gasteiger partial charge in [0.1, 0.15) is 0 Å². The second kappa shape index (κ2) is 5.11. The van der Waals surface area contributed by atoms with Gasteiger partial charge in [0, 0.05) is 11.6 Å². The largest absolute Gasteiger partial charge is 0.394 e. The van der Waals surface area contributed by atoms with Crippen LogP contribution in [0.3, 0.4) is 0 Å². The quantitative estimate of drug-likeness (QED) is 0.707. The number of rotatable bonds is 2. The van der Waals surface area contributed by atoms with Crippen LogP contribution < -0.4 is 11.1 Å². The standard InChI is InChI=1S/C13H9Cl2N5/c14-8-3-4-10(11-7(8)2-1-5-17-11)19-12-9(16)6-18-13(15)20-12/h1-6H,16H2,(H,18,19,20). The van der Waals surface area contributed by atoms with Crippen LogP contribution in [0, 0.1) is 0 Å². The molecule has 20 heavy (non-hydrogen) atoms. The number of aromatic nitrogens is 3. The molecule has 5 nitrogen and oxygen atoms in total. The van der Waals surface area contributed by atoms with Crippen LogP contribution >= 0.6 is 23.2 Å². The van der Waals surface area contributed by atoms with Gasteiger partial charge >= 0.3 is 0 Å². The molecule has 0 aliphatic carbocycles. The molecule has 0 fully saturated rings. The summed E-state index contributed by atoms with van der Waals surface area (Å²) in [6, 6.07) is 7.32. The molecule has 100 valence electrons. The Labute approximate surface area is 124 Å². The second-order valence-electron chi connectivity index (χ2n) is 4.06. The number of nitrogens with two attached hydrogens (primary N) is 1. The normalized spacial score (nSPS) is 10.7. The van der Waals surface area contributed by atoms with Gasteiger partial charge in [0.2, 0.25) is 5.28 Å². The van der Waals surface area contributed by atoms with Gasteiger partial charge in [-0.3, -0.25) is 4.98 Å². The highest BCUT2D eigenvalue weighted by atomic mass is 35.5. The maximum Gasteiger partial charge on any atom is 0.224 e. The minimum atomic E-state index is 0.118. The van der Waals surface area contributed by atoms with Crippen molar-refractivity contribution in [1.29, 1.82) is 0 Å². The van der Waals surface area contributed by atoms with Gasteiger partial charge in [-0.25, -0.2) is 4.98 Å². The number of nitrogen functional groups attached to an aromatic ring is 1. The summed E-state index contributed by atoms with van der Waals surface area (Å²) in [4.78, 5) is 12.2. The molecular weight excluding hydrogens is 297 g/mol. The molecule has 0 radical (unpaired) electrons. The van der Waals surface area contributed by atoms with Crippen molar-refractivity contribution in [1.82, 2.24) is 15.0 Å². The molecule has 3 rings (SSSR count). The Hall–Kier alpha value is -2.11. The summed E-state index contributed by atoms with van der Waals surface area (Å²) in [7, 11) is 0. The van der Waals surface area contributed by atoms with Gasteiger partial charge in [0.25, 0.3) is 0 Å². The van der Waals surface area contributed by atoms with E-state index in [1.165, 1.54) is 6.20 Å². The molecule has 0 aliphatic rings. The summed E-state index contributed by atoms with van der Waals surface area (Å²) < 4.78 is 0. The zero-order valence-corrected chi connectivity index (χ0v) is 11.7. The van der Waals surface area contributed by atoms with E-state index in [1.807, 2.05) is 18.2 Å². The molecular formula is C13H9Cl2N5. The summed E-state index contributed by atoms with van der Waals surface area (Å²) in [5.41, 5.74) is 7.69. The molecule has 0 saturated heterocycles. The molecule has 1 aromatic carbocycles. The smallest absolute Gasteiger partial charge is 0.224 e. The van der Waals surface area contributed by atoms with Gasteiger partial charge < -0.3 is 11.1 Å². The van der Waals surface area contributed by atoms with E-state index in [2.05, 4.69) is 20.3 Å². The third-order valence-electron chi connectivity index (χ3n) is 2.76. The Morgan fingerprint density at radius 1 is 1.10 bits per heavy atom. The first-order valence-corrected chi connectivity index (χ1v) is 6.49. The number of hydrogen-bond acceptors (Lipinski definition) is 5. The molecule has 0 aliphatic heterocycles. The Kier molecular flexibility index (Phi) is 3.30. The van der Waals surface area contributed by atoms with E-state index in [1.54, 1.807) is 12.3 Å². The van der Waals surface area contributed by atoms with Crippen molar-refractivity contribution in [2.75, 3.05) is 11.1 Å². The summed E-state index contributed by atoms with van der Waals surface area (Å²) in [6.45, 7) is 0. The summed E-state index contributed by atoms with van der Waals surface area (Å²) in [5.74, 6) is 0.430. The molecule has 0 spiro atoms. The summed E-state index contributed by atoms with van der Waals surface area (Å²) >= 11 is 11.9. The molecule has 3 N–H and O–H groups in total. The predicted molar refractivity (Wildman–Crippen MR) is 81.5 cm³/mol. The number of anilines is 3. The number of nitrogens with zero attached hydrogens (tertiary/aromatic N) is 3. The number of fused-ring (bicyclic) bond motifs is 1. The predicted octanol–water partition coefficient (Wildman–Crippen LogP) is 3.66. The Morgan fingerprint density at radius 2 is 1.95 bits per heavy atom. The lowest BCUT2D eigenvalue weighted by atomic mass is 10.2. The Morgan fingerprint density at radius 3 is 2.80 bits per heavy atom. The number of benzene rings is 1. The van der Waals surface area contributed by atoms with Crippen LogP contribution in [0.1, 0.15) is 0 Å². The van der Waals surface area contributed by atoms with Crippen molar-refractivity contribution in [2.45, 2.75) is 0 Å². The average Bonchev–Trinajstić information content (AvgIpc) is 2.46. The van der Waals surface area contributed by atoms with Crippen molar-refractivity contribution in [3.8, 4) is 0 Å². The van der Waals surface area contributed by atoms with Crippen LogP contribution in [0.15, 0.2) is 36.7 Å². The summed E-state index contributed by atoms with van der Waals surface area (Å²) in [6.07, 6.45) is 3.14. The highest BCUT2D eigenvalue weighted by Crippen LogP contribution is 2.30. The molecule has 0 saturated carbocycles. The fourth-order valence-electron chi connectivity index (χ4n) is 1.84. The van der Waals surface area contributed by atoms with Gasteiger partial charge in [-0.1, -0.05) is 11.6 Å².